The van der Waals surface area contributed by atoms with Crippen molar-refractivity contribution in [3.05, 3.63) is 94.9 Å². The summed E-state index contributed by atoms with van der Waals surface area (Å²) in [5, 5.41) is 12.7. The molecule has 2 heterocycles. The van der Waals surface area contributed by atoms with E-state index in [0.717, 1.165) is 56.3 Å². The van der Waals surface area contributed by atoms with E-state index in [-0.39, 0.29) is 5.82 Å². The summed E-state index contributed by atoms with van der Waals surface area (Å²) in [5.41, 5.74) is 5.82. The highest BCUT2D eigenvalue weighted by Crippen LogP contribution is 2.31. The van der Waals surface area contributed by atoms with E-state index in [1.54, 1.807) is 12.1 Å². The van der Waals surface area contributed by atoms with Crippen molar-refractivity contribution >= 4 is 17.6 Å². The summed E-state index contributed by atoms with van der Waals surface area (Å²) in [4.78, 5) is 7.29. The summed E-state index contributed by atoms with van der Waals surface area (Å²) >= 11 is 0. The van der Waals surface area contributed by atoms with Crippen LogP contribution in [0.5, 0.6) is 0 Å². The van der Waals surface area contributed by atoms with Gasteiger partial charge in [-0.2, -0.15) is 5.26 Å². The zero-order valence-electron chi connectivity index (χ0n) is 22.1. The van der Waals surface area contributed by atoms with Crippen LogP contribution in [-0.2, 0) is 19.3 Å². The number of nitriles is 1. The number of halogens is 1. The molecule has 196 valence electrons. The van der Waals surface area contributed by atoms with Gasteiger partial charge in [0.05, 0.1) is 11.6 Å². The van der Waals surface area contributed by atoms with E-state index < -0.39 is 0 Å². The van der Waals surface area contributed by atoms with Crippen LogP contribution in [0.15, 0.2) is 61.2 Å². The highest BCUT2D eigenvalue weighted by atomic mass is 19.1. The first-order valence-corrected chi connectivity index (χ1v) is 14.0. The number of hydrogen-bond donors (Lipinski definition) is 1. The average molecular weight is 509 g/mol. The molecular formula is C33H37FN4. The van der Waals surface area contributed by atoms with Gasteiger partial charge in [0.15, 0.2) is 0 Å². The van der Waals surface area contributed by atoms with Gasteiger partial charge in [0.1, 0.15) is 11.6 Å². The molecule has 0 atom stereocenters. The van der Waals surface area contributed by atoms with Crippen LogP contribution in [0, 0.1) is 29.0 Å². The molecule has 1 saturated heterocycles. The lowest BCUT2D eigenvalue weighted by Gasteiger charge is -2.33. The van der Waals surface area contributed by atoms with Gasteiger partial charge >= 0.3 is 0 Å². The monoisotopic (exact) mass is 508 g/mol. The Morgan fingerprint density at radius 1 is 1.00 bits per heavy atom. The van der Waals surface area contributed by atoms with Gasteiger partial charge in [0.2, 0.25) is 0 Å². The standard InChI is InChI=1S/C33H37FN4/c1-2-24-9-12-29(32(21-24)36-23-26-5-3-6-26)19-25-15-17-38(18-16-25)33-8-4-7-30(37-33)14-13-28-11-10-27(22-35)20-31(28)34/h2,4,7-12,20-21,25-26,36H,1,3,5-6,13-19,23H2. The van der Waals surface area contributed by atoms with Crippen molar-refractivity contribution in [2.45, 2.75) is 51.4 Å². The fourth-order valence-corrected chi connectivity index (χ4v) is 5.56. The van der Waals surface area contributed by atoms with Gasteiger partial charge in [-0.15, -0.1) is 0 Å². The van der Waals surface area contributed by atoms with Gasteiger partial charge in [-0.1, -0.05) is 43.3 Å². The largest absolute Gasteiger partial charge is 0.385 e. The van der Waals surface area contributed by atoms with Gasteiger partial charge in [0.25, 0.3) is 0 Å². The highest BCUT2D eigenvalue weighted by Gasteiger charge is 2.22. The number of nitrogens with one attached hydrogen (secondary N) is 1. The zero-order chi connectivity index (χ0) is 26.3. The molecule has 0 spiro atoms. The predicted octanol–water partition coefficient (Wildman–Crippen LogP) is 7.19. The number of aromatic nitrogens is 1. The third-order valence-electron chi connectivity index (χ3n) is 8.25. The van der Waals surface area contributed by atoms with Crippen LogP contribution in [0.25, 0.3) is 6.08 Å². The normalized spacial score (nSPS) is 16.1. The molecule has 3 aromatic rings. The molecular weight excluding hydrogens is 471 g/mol. The molecule has 1 aliphatic carbocycles. The topological polar surface area (TPSA) is 52.0 Å². The molecule has 5 rings (SSSR count). The van der Waals surface area contributed by atoms with Crippen molar-refractivity contribution in [3.63, 3.8) is 0 Å². The summed E-state index contributed by atoms with van der Waals surface area (Å²) in [6.45, 7) is 7.03. The van der Waals surface area contributed by atoms with Crippen molar-refractivity contribution in [2.24, 2.45) is 11.8 Å². The second-order valence-corrected chi connectivity index (χ2v) is 10.8. The lowest BCUT2D eigenvalue weighted by molar-refractivity contribution is 0.333. The van der Waals surface area contributed by atoms with Crippen molar-refractivity contribution < 1.29 is 4.39 Å². The van der Waals surface area contributed by atoms with E-state index in [1.165, 1.54) is 42.1 Å². The van der Waals surface area contributed by atoms with E-state index in [2.05, 4.69) is 47.1 Å². The maximum Gasteiger partial charge on any atom is 0.128 e. The summed E-state index contributed by atoms with van der Waals surface area (Å²) in [6.07, 6.45) is 10.6. The van der Waals surface area contributed by atoms with Gasteiger partial charge in [0, 0.05) is 31.0 Å². The van der Waals surface area contributed by atoms with Crippen LogP contribution in [0.1, 0.15) is 60.1 Å². The van der Waals surface area contributed by atoms with E-state index in [4.69, 9.17) is 10.2 Å². The van der Waals surface area contributed by atoms with Crippen molar-refractivity contribution in [1.29, 1.82) is 5.26 Å². The second-order valence-electron chi connectivity index (χ2n) is 10.8. The first-order chi connectivity index (χ1) is 18.6. The van der Waals surface area contributed by atoms with Crippen LogP contribution in [0.2, 0.25) is 0 Å². The molecule has 0 amide bonds. The lowest BCUT2D eigenvalue weighted by atomic mass is 9.85. The molecule has 1 aliphatic heterocycles. The molecule has 1 N–H and O–H groups in total. The number of nitrogens with zero attached hydrogens (tertiary/aromatic N) is 3. The Morgan fingerprint density at radius 2 is 1.82 bits per heavy atom. The van der Waals surface area contributed by atoms with E-state index >= 15 is 0 Å². The average Bonchev–Trinajstić information content (AvgIpc) is 2.93. The van der Waals surface area contributed by atoms with Crippen LogP contribution >= 0.6 is 0 Å². The van der Waals surface area contributed by atoms with Gasteiger partial charge < -0.3 is 10.2 Å². The third-order valence-corrected chi connectivity index (χ3v) is 8.25. The lowest BCUT2D eigenvalue weighted by Crippen LogP contribution is -2.35. The molecule has 0 unspecified atom stereocenters. The Bertz CT molecular complexity index is 1300. The van der Waals surface area contributed by atoms with E-state index in [9.17, 15) is 4.39 Å². The van der Waals surface area contributed by atoms with Gasteiger partial charge in [-0.05, 0) is 104 Å². The highest BCUT2D eigenvalue weighted by molar-refractivity contribution is 5.60. The van der Waals surface area contributed by atoms with Crippen LogP contribution in [0.4, 0.5) is 15.9 Å². The minimum atomic E-state index is -0.317. The zero-order valence-corrected chi connectivity index (χ0v) is 22.1. The molecule has 4 nitrogen and oxygen atoms in total. The van der Waals surface area contributed by atoms with Gasteiger partial charge in [-0.3, -0.25) is 0 Å². The minimum Gasteiger partial charge on any atom is -0.385 e. The Hall–Kier alpha value is -3.65. The Kier molecular flexibility index (Phi) is 8.38. The Labute approximate surface area is 226 Å². The summed E-state index contributed by atoms with van der Waals surface area (Å²) in [6, 6.07) is 19.6. The molecule has 5 heteroatoms. The first-order valence-electron chi connectivity index (χ1n) is 14.0. The maximum atomic E-state index is 14.3. The van der Waals surface area contributed by atoms with Crippen molar-refractivity contribution in [3.8, 4) is 6.07 Å². The molecule has 0 radical (unpaired) electrons. The first kappa shape index (κ1) is 26.0. The fourth-order valence-electron chi connectivity index (χ4n) is 5.56. The smallest absolute Gasteiger partial charge is 0.128 e. The molecule has 2 fully saturated rings. The molecule has 0 bridgehead atoms. The number of anilines is 2. The van der Waals surface area contributed by atoms with Crippen molar-refractivity contribution in [1.82, 2.24) is 4.98 Å². The van der Waals surface area contributed by atoms with Crippen LogP contribution in [0.3, 0.4) is 0 Å². The number of hydrogen-bond acceptors (Lipinski definition) is 4. The fraction of sp³-hybridized carbons (Fsp3) is 0.394. The second kappa shape index (κ2) is 12.3. The molecule has 2 aliphatic rings. The number of rotatable bonds is 10. The van der Waals surface area contributed by atoms with E-state index in [1.807, 2.05) is 18.2 Å². The molecule has 2 aromatic carbocycles. The maximum absolute atomic E-state index is 14.3. The summed E-state index contributed by atoms with van der Waals surface area (Å²) < 4.78 is 14.3. The number of pyridine rings is 1. The quantitative estimate of drug-likeness (QED) is 0.315. The Balaban J connectivity index is 1.16. The van der Waals surface area contributed by atoms with Crippen LogP contribution in [-0.4, -0.2) is 24.6 Å². The molecule has 38 heavy (non-hydrogen) atoms. The summed E-state index contributed by atoms with van der Waals surface area (Å²) in [7, 11) is 0. The number of aryl methyl sites for hydroxylation is 2. The Morgan fingerprint density at radius 3 is 2.53 bits per heavy atom. The van der Waals surface area contributed by atoms with E-state index in [0.29, 0.717) is 29.9 Å². The molecule has 1 saturated carbocycles. The summed E-state index contributed by atoms with van der Waals surface area (Å²) in [5.74, 6) is 2.18. The third kappa shape index (κ3) is 6.42. The van der Waals surface area contributed by atoms with Gasteiger partial charge in [-0.25, -0.2) is 9.37 Å². The predicted molar refractivity (Wildman–Crippen MR) is 154 cm³/mol. The van der Waals surface area contributed by atoms with Crippen LogP contribution < -0.4 is 10.2 Å². The SMILES string of the molecule is C=Cc1ccc(CC2CCN(c3cccc(CCc4ccc(C#N)cc4F)n3)CC2)c(NCC2CCC2)c1. The van der Waals surface area contributed by atoms with Crippen molar-refractivity contribution in [2.75, 3.05) is 29.9 Å². The molecule has 1 aromatic heterocycles. The number of piperidine rings is 1. The number of benzene rings is 2. The minimum absolute atomic E-state index is 0.317.